The largest absolute Gasteiger partial charge is 0.419 e. The molecule has 5 heteroatoms. The molecule has 0 amide bonds. The minimum absolute atomic E-state index is 0.0122. The number of hydrogen-bond donors (Lipinski definition) is 0. The molecule has 0 heterocycles. The highest BCUT2D eigenvalue weighted by Crippen LogP contribution is 2.30. The Morgan fingerprint density at radius 1 is 0.545 bits per heavy atom. The molecule has 0 radical (unpaired) electrons. The van der Waals surface area contributed by atoms with E-state index in [1.165, 1.54) is 110 Å². The van der Waals surface area contributed by atoms with Gasteiger partial charge in [-0.15, -0.1) is 0 Å². The van der Waals surface area contributed by atoms with E-state index in [9.17, 15) is 0 Å². The first-order chi connectivity index (χ1) is 15.7. The van der Waals surface area contributed by atoms with Gasteiger partial charge in [-0.1, -0.05) is 41.5 Å². The van der Waals surface area contributed by atoms with Crippen molar-refractivity contribution in [3.8, 4) is 0 Å². The lowest BCUT2D eigenvalue weighted by molar-refractivity contribution is 0.0475. The average Bonchev–Trinajstić information content (AvgIpc) is 2.72. The maximum atomic E-state index is 6.32. The van der Waals surface area contributed by atoms with Gasteiger partial charge in [-0.3, -0.25) is 0 Å². The van der Waals surface area contributed by atoms with Crippen molar-refractivity contribution in [2.75, 3.05) is 58.9 Å². The van der Waals surface area contributed by atoms with Crippen molar-refractivity contribution in [3.05, 3.63) is 0 Å². The fourth-order valence-electron chi connectivity index (χ4n) is 5.34. The van der Waals surface area contributed by atoms with Gasteiger partial charge < -0.3 is 19.1 Å². The summed E-state index contributed by atoms with van der Waals surface area (Å²) in [6.07, 6.45) is 8.81. The molecule has 0 saturated carbocycles. The predicted octanol–water partition coefficient (Wildman–Crippen LogP) is 6.05. The molecule has 4 nitrogen and oxygen atoms in total. The van der Waals surface area contributed by atoms with Crippen LogP contribution in [0.3, 0.4) is 0 Å². The first-order valence-electron chi connectivity index (χ1n) is 14.5. The molecule has 0 N–H and O–H groups in total. The van der Waals surface area contributed by atoms with E-state index in [-0.39, 0.29) is 5.60 Å². The molecule has 200 valence electrons. The maximum absolute atomic E-state index is 6.32. The van der Waals surface area contributed by atoms with Crippen LogP contribution in [0.4, 0.5) is 0 Å². The lowest BCUT2D eigenvalue weighted by atomic mass is 9.82. The van der Waals surface area contributed by atoms with Crippen LogP contribution in [0.2, 0.25) is 6.04 Å². The molecule has 0 aromatic heterocycles. The van der Waals surface area contributed by atoms with Crippen molar-refractivity contribution >= 4 is 9.76 Å². The van der Waals surface area contributed by atoms with Gasteiger partial charge in [-0.2, -0.15) is 0 Å². The summed E-state index contributed by atoms with van der Waals surface area (Å²) in [5, 5.41) is 0. The standard InChI is InChI=1S/C28H63N3OSi/c1-10-17-29(18-11-2)24-28(16-23-33-32-27(7,8)9,25-30(19-12-3)20-13-4)26-31(21-14-5)22-15-6/h10-26,33H2,1-9H3. The molecule has 0 aliphatic rings. The Kier molecular flexibility index (Phi) is 19.3. The van der Waals surface area contributed by atoms with E-state index >= 15 is 0 Å². The van der Waals surface area contributed by atoms with Crippen LogP contribution in [0.15, 0.2) is 0 Å². The van der Waals surface area contributed by atoms with Crippen LogP contribution in [0.1, 0.15) is 107 Å². The monoisotopic (exact) mass is 485 g/mol. The van der Waals surface area contributed by atoms with Crippen LogP contribution < -0.4 is 0 Å². The highest BCUT2D eigenvalue weighted by molar-refractivity contribution is 6.27. The third-order valence-electron chi connectivity index (χ3n) is 6.30. The van der Waals surface area contributed by atoms with Crippen LogP contribution in [-0.4, -0.2) is 89.0 Å². The number of hydrogen-bond acceptors (Lipinski definition) is 4. The summed E-state index contributed by atoms with van der Waals surface area (Å²) in [6, 6.07) is 1.29. The van der Waals surface area contributed by atoms with E-state index in [1.807, 2.05) is 0 Å². The molecule has 0 aromatic carbocycles. The molecule has 0 atom stereocenters. The Labute approximate surface area is 212 Å². The zero-order chi connectivity index (χ0) is 25.2. The van der Waals surface area contributed by atoms with E-state index in [0.29, 0.717) is 5.41 Å². The molecule has 0 aromatic rings. The smallest absolute Gasteiger partial charge is 0.162 e. The molecule has 0 saturated heterocycles. The first kappa shape index (κ1) is 33.1. The zero-order valence-corrected chi connectivity index (χ0v) is 25.9. The van der Waals surface area contributed by atoms with E-state index in [4.69, 9.17) is 4.43 Å². The molecule has 0 fully saturated rings. The average molecular weight is 486 g/mol. The second kappa shape index (κ2) is 19.3. The summed E-state index contributed by atoms with van der Waals surface area (Å²) in [4.78, 5) is 8.37. The Balaban J connectivity index is 5.95. The van der Waals surface area contributed by atoms with Gasteiger partial charge >= 0.3 is 0 Å². The van der Waals surface area contributed by atoms with Gasteiger partial charge in [-0.25, -0.2) is 0 Å². The number of rotatable bonds is 22. The van der Waals surface area contributed by atoms with Crippen molar-refractivity contribution in [2.24, 2.45) is 5.41 Å². The lowest BCUT2D eigenvalue weighted by Crippen LogP contribution is -2.52. The van der Waals surface area contributed by atoms with Crippen molar-refractivity contribution in [3.63, 3.8) is 0 Å². The van der Waals surface area contributed by atoms with Gasteiger partial charge in [-0.05, 0) is 111 Å². The molecule has 0 spiro atoms. The van der Waals surface area contributed by atoms with Crippen LogP contribution in [0.5, 0.6) is 0 Å². The van der Waals surface area contributed by atoms with Crippen molar-refractivity contribution in [1.82, 2.24) is 14.7 Å². The fourth-order valence-corrected chi connectivity index (χ4v) is 6.99. The van der Waals surface area contributed by atoms with Gasteiger partial charge in [0, 0.05) is 30.7 Å². The van der Waals surface area contributed by atoms with Crippen molar-refractivity contribution in [2.45, 2.75) is 119 Å². The van der Waals surface area contributed by atoms with Crippen molar-refractivity contribution in [1.29, 1.82) is 0 Å². The lowest BCUT2D eigenvalue weighted by Gasteiger charge is -2.45. The summed E-state index contributed by atoms with van der Waals surface area (Å²) < 4.78 is 6.32. The molecule has 0 unspecified atom stereocenters. The maximum Gasteiger partial charge on any atom is 0.162 e. The van der Waals surface area contributed by atoms with Crippen molar-refractivity contribution < 1.29 is 4.43 Å². The summed E-state index contributed by atoms with van der Waals surface area (Å²) in [5.41, 5.74) is 0.339. The van der Waals surface area contributed by atoms with Gasteiger partial charge in [0.25, 0.3) is 0 Å². The Bertz CT molecular complexity index is 378. The van der Waals surface area contributed by atoms with Gasteiger partial charge in [0.2, 0.25) is 0 Å². The van der Waals surface area contributed by atoms with E-state index in [1.54, 1.807) is 0 Å². The third-order valence-corrected chi connectivity index (χ3v) is 8.01. The van der Waals surface area contributed by atoms with Crippen LogP contribution >= 0.6 is 0 Å². The summed E-state index contributed by atoms with van der Waals surface area (Å²) in [5.74, 6) is 0. The summed E-state index contributed by atoms with van der Waals surface area (Å²) in [6.45, 7) is 31.8. The fraction of sp³-hybridized carbons (Fsp3) is 1.00. The van der Waals surface area contributed by atoms with E-state index < -0.39 is 9.76 Å². The Hall–Kier alpha value is 0.0569. The van der Waals surface area contributed by atoms with Gasteiger partial charge in [0.1, 0.15) is 0 Å². The van der Waals surface area contributed by atoms with E-state index in [2.05, 4.69) is 77.0 Å². The molecule has 0 rings (SSSR count). The predicted molar refractivity (Wildman–Crippen MR) is 152 cm³/mol. The minimum atomic E-state index is -0.499. The molecule has 0 aliphatic carbocycles. The van der Waals surface area contributed by atoms with Gasteiger partial charge in [0.05, 0.1) is 0 Å². The van der Waals surface area contributed by atoms with Crippen LogP contribution in [0.25, 0.3) is 0 Å². The Morgan fingerprint density at radius 3 is 1.09 bits per heavy atom. The second-order valence-electron chi connectivity index (χ2n) is 11.4. The zero-order valence-electron chi connectivity index (χ0n) is 24.5. The van der Waals surface area contributed by atoms with E-state index in [0.717, 1.165) is 0 Å². The normalized spacial score (nSPS) is 13.5. The SMILES string of the molecule is CCCN(CCC)CC(CC[SiH2]OC(C)(C)C)(CN(CCC)CCC)CN(CCC)CCC. The molecular weight excluding hydrogens is 422 g/mol. The number of nitrogens with zero attached hydrogens (tertiary/aromatic N) is 3. The highest BCUT2D eigenvalue weighted by atomic mass is 28.2. The highest BCUT2D eigenvalue weighted by Gasteiger charge is 2.35. The van der Waals surface area contributed by atoms with Crippen LogP contribution in [-0.2, 0) is 4.43 Å². The molecule has 0 bridgehead atoms. The van der Waals surface area contributed by atoms with Gasteiger partial charge in [0.15, 0.2) is 9.76 Å². The molecular formula is C28H63N3OSi. The Morgan fingerprint density at radius 2 is 0.848 bits per heavy atom. The quantitative estimate of drug-likeness (QED) is 0.137. The third kappa shape index (κ3) is 16.4. The second-order valence-corrected chi connectivity index (χ2v) is 12.8. The summed E-state index contributed by atoms with van der Waals surface area (Å²) >= 11 is 0. The first-order valence-corrected chi connectivity index (χ1v) is 16.1. The topological polar surface area (TPSA) is 19.0 Å². The minimum Gasteiger partial charge on any atom is -0.419 e. The van der Waals surface area contributed by atoms with Crippen LogP contribution in [0, 0.1) is 5.41 Å². The summed E-state index contributed by atoms with van der Waals surface area (Å²) in [7, 11) is -0.499. The molecule has 33 heavy (non-hydrogen) atoms. The molecule has 0 aliphatic heterocycles.